The van der Waals surface area contributed by atoms with E-state index in [1.54, 1.807) is 27.9 Å². The van der Waals surface area contributed by atoms with E-state index in [4.69, 9.17) is 4.74 Å². The summed E-state index contributed by atoms with van der Waals surface area (Å²) in [4.78, 5) is 49.9. The summed E-state index contributed by atoms with van der Waals surface area (Å²) in [7, 11) is 3.25. The van der Waals surface area contributed by atoms with Crippen LogP contribution in [-0.2, 0) is 18.8 Å². The predicted octanol–water partition coefficient (Wildman–Crippen LogP) is 2.47. The summed E-state index contributed by atoms with van der Waals surface area (Å²) >= 11 is 0. The largest absolute Gasteiger partial charge is 0.478 e. The van der Waals surface area contributed by atoms with Gasteiger partial charge in [-0.3, -0.25) is 9.36 Å². The van der Waals surface area contributed by atoms with Crippen molar-refractivity contribution in [2.45, 2.75) is 13.8 Å². The Balaban J connectivity index is 1.89. The van der Waals surface area contributed by atoms with Gasteiger partial charge in [-0.1, -0.05) is 0 Å². The Morgan fingerprint density at radius 3 is 1.42 bits per heavy atom. The molecule has 2 aromatic carbocycles. The van der Waals surface area contributed by atoms with Crippen LogP contribution in [0.15, 0.2) is 24.3 Å². The summed E-state index contributed by atoms with van der Waals surface area (Å²) in [6.07, 6.45) is 0. The van der Waals surface area contributed by atoms with E-state index < -0.39 is 23.9 Å². The Kier molecular flexibility index (Phi) is 4.96. The van der Waals surface area contributed by atoms with Gasteiger partial charge in [-0.05, 0) is 38.1 Å². The number of nitrogens with zero attached hydrogens (tertiary/aromatic N) is 4. The normalized spacial score (nSPS) is 11.2. The van der Waals surface area contributed by atoms with Gasteiger partial charge in [-0.25, -0.2) is 19.2 Å². The standard InChI is InChI=1S/C22H18N4O7/c1-9-15-13(25(3)23-9)7-5-11(19(27)28)17(15)21(31)33-22(32)18-12(20(29)30)6-8-14-16(18)10(2)24-26(14)4/h5-8H,1-4H3,(H,27,28)(H,29,30). The van der Waals surface area contributed by atoms with E-state index in [0.717, 1.165) is 0 Å². The summed E-state index contributed by atoms with van der Waals surface area (Å²) in [6, 6.07) is 5.45. The molecule has 0 aliphatic heterocycles. The lowest BCUT2D eigenvalue weighted by atomic mass is 10.00. The maximum absolute atomic E-state index is 13.1. The Labute approximate surface area is 185 Å². The van der Waals surface area contributed by atoms with Crippen molar-refractivity contribution >= 4 is 45.7 Å². The molecule has 2 heterocycles. The van der Waals surface area contributed by atoms with Crippen molar-refractivity contribution < 1.29 is 34.1 Å². The number of aryl methyl sites for hydroxylation is 4. The highest BCUT2D eigenvalue weighted by molar-refractivity contribution is 6.19. The molecule has 0 unspecified atom stereocenters. The maximum Gasteiger partial charge on any atom is 0.347 e. The smallest absolute Gasteiger partial charge is 0.347 e. The molecule has 0 fully saturated rings. The molecular weight excluding hydrogens is 432 g/mol. The summed E-state index contributed by atoms with van der Waals surface area (Å²) in [5, 5.41) is 28.1. The van der Waals surface area contributed by atoms with Crippen molar-refractivity contribution in [3.63, 3.8) is 0 Å². The average Bonchev–Trinajstić information content (AvgIpc) is 3.21. The van der Waals surface area contributed by atoms with Gasteiger partial charge < -0.3 is 14.9 Å². The lowest BCUT2D eigenvalue weighted by Crippen LogP contribution is -2.19. The second-order valence-electron chi connectivity index (χ2n) is 7.47. The molecule has 0 radical (unpaired) electrons. The molecule has 0 saturated heterocycles. The van der Waals surface area contributed by atoms with Gasteiger partial charge in [0.25, 0.3) is 0 Å². The molecule has 0 saturated carbocycles. The number of carbonyl (C=O) groups excluding carboxylic acids is 2. The van der Waals surface area contributed by atoms with Crippen LogP contribution in [0.1, 0.15) is 52.8 Å². The van der Waals surface area contributed by atoms with E-state index >= 15 is 0 Å². The Morgan fingerprint density at radius 2 is 1.09 bits per heavy atom. The van der Waals surface area contributed by atoms with Crippen LogP contribution in [0.2, 0.25) is 0 Å². The zero-order valence-electron chi connectivity index (χ0n) is 18.0. The minimum absolute atomic E-state index is 0.226. The number of hydrogen-bond donors (Lipinski definition) is 2. The molecule has 4 aromatic rings. The monoisotopic (exact) mass is 450 g/mol. The van der Waals surface area contributed by atoms with Gasteiger partial charge >= 0.3 is 23.9 Å². The zero-order chi connectivity index (χ0) is 24.2. The summed E-state index contributed by atoms with van der Waals surface area (Å²) in [5.41, 5.74) is 0.243. The molecule has 0 amide bonds. The van der Waals surface area contributed by atoms with Crippen LogP contribution in [0.4, 0.5) is 0 Å². The number of carboxylic acids is 2. The molecule has 0 aliphatic carbocycles. The third kappa shape index (κ3) is 3.30. The van der Waals surface area contributed by atoms with Crippen LogP contribution >= 0.6 is 0 Å². The molecule has 0 bridgehead atoms. The quantitative estimate of drug-likeness (QED) is 0.352. The van der Waals surface area contributed by atoms with Crippen LogP contribution < -0.4 is 0 Å². The average molecular weight is 450 g/mol. The van der Waals surface area contributed by atoms with Crippen LogP contribution in [0.25, 0.3) is 21.8 Å². The van der Waals surface area contributed by atoms with Crippen molar-refractivity contribution in [2.24, 2.45) is 14.1 Å². The molecule has 11 nitrogen and oxygen atoms in total. The van der Waals surface area contributed by atoms with Crippen molar-refractivity contribution in [1.29, 1.82) is 0 Å². The fourth-order valence-corrected chi connectivity index (χ4v) is 4.08. The van der Waals surface area contributed by atoms with Crippen LogP contribution in [0, 0.1) is 13.8 Å². The van der Waals surface area contributed by atoms with Gasteiger partial charge in [-0.2, -0.15) is 10.2 Å². The Morgan fingerprint density at radius 1 is 0.727 bits per heavy atom. The first-order chi connectivity index (χ1) is 15.5. The number of esters is 2. The number of benzene rings is 2. The van der Waals surface area contributed by atoms with Crippen LogP contribution in [0.3, 0.4) is 0 Å². The number of carbonyl (C=O) groups is 4. The topological polar surface area (TPSA) is 154 Å². The fourth-order valence-electron chi connectivity index (χ4n) is 4.08. The summed E-state index contributed by atoms with van der Waals surface area (Å²) < 4.78 is 8.01. The van der Waals surface area contributed by atoms with E-state index in [-0.39, 0.29) is 33.0 Å². The molecule has 0 spiro atoms. The molecule has 0 atom stereocenters. The Hall–Kier alpha value is -4.54. The first kappa shape index (κ1) is 21.7. The molecule has 4 rings (SSSR count). The molecule has 2 N–H and O–H groups in total. The predicted molar refractivity (Wildman–Crippen MR) is 115 cm³/mol. The third-order valence-electron chi connectivity index (χ3n) is 5.44. The SMILES string of the molecule is Cc1nn(C)c2ccc(C(=O)O)c(C(=O)OC(=O)c3c(C(=O)O)ccc4c3c(C)nn4C)c12. The summed E-state index contributed by atoms with van der Waals surface area (Å²) in [5.74, 6) is -5.24. The van der Waals surface area contributed by atoms with Crippen LogP contribution in [0.5, 0.6) is 0 Å². The number of aromatic nitrogens is 4. The minimum Gasteiger partial charge on any atom is -0.478 e. The minimum atomic E-state index is -1.39. The van der Waals surface area contributed by atoms with E-state index in [1.165, 1.54) is 33.6 Å². The van der Waals surface area contributed by atoms with Gasteiger partial charge in [0.05, 0.1) is 44.7 Å². The number of fused-ring (bicyclic) bond motifs is 2. The molecular formula is C22H18N4O7. The maximum atomic E-state index is 13.1. The first-order valence-corrected chi connectivity index (χ1v) is 9.68. The zero-order valence-corrected chi connectivity index (χ0v) is 18.0. The number of aromatic carboxylic acids is 2. The highest BCUT2D eigenvalue weighted by atomic mass is 16.6. The van der Waals surface area contributed by atoms with Crippen molar-refractivity contribution in [3.8, 4) is 0 Å². The van der Waals surface area contributed by atoms with Crippen LogP contribution in [-0.4, -0.2) is 53.7 Å². The van der Waals surface area contributed by atoms with Crippen molar-refractivity contribution in [1.82, 2.24) is 19.6 Å². The molecule has 33 heavy (non-hydrogen) atoms. The summed E-state index contributed by atoms with van der Waals surface area (Å²) in [6.45, 7) is 3.18. The lowest BCUT2D eigenvalue weighted by molar-refractivity contribution is 0.0389. The molecule has 0 aliphatic rings. The third-order valence-corrected chi connectivity index (χ3v) is 5.44. The second kappa shape index (κ2) is 7.55. The molecule has 11 heteroatoms. The first-order valence-electron chi connectivity index (χ1n) is 9.68. The fraction of sp³-hybridized carbons (Fsp3) is 0.182. The number of ether oxygens (including phenoxy) is 1. The lowest BCUT2D eigenvalue weighted by Gasteiger charge is -2.11. The number of hydrogen-bond acceptors (Lipinski definition) is 7. The number of rotatable bonds is 4. The molecule has 2 aromatic heterocycles. The van der Waals surface area contributed by atoms with E-state index in [1.807, 2.05) is 0 Å². The van der Waals surface area contributed by atoms with E-state index in [9.17, 15) is 29.4 Å². The van der Waals surface area contributed by atoms with E-state index in [0.29, 0.717) is 22.4 Å². The van der Waals surface area contributed by atoms with Gasteiger partial charge in [0.15, 0.2) is 0 Å². The van der Waals surface area contributed by atoms with Crippen molar-refractivity contribution in [3.05, 3.63) is 57.9 Å². The highest BCUT2D eigenvalue weighted by Gasteiger charge is 2.30. The molecule has 168 valence electrons. The second-order valence-corrected chi connectivity index (χ2v) is 7.47. The van der Waals surface area contributed by atoms with Gasteiger partial charge in [0.1, 0.15) is 0 Å². The van der Waals surface area contributed by atoms with Crippen molar-refractivity contribution in [2.75, 3.05) is 0 Å². The van der Waals surface area contributed by atoms with E-state index in [2.05, 4.69) is 10.2 Å². The van der Waals surface area contributed by atoms with Gasteiger partial charge in [-0.15, -0.1) is 0 Å². The number of carboxylic acid groups (broad SMARTS) is 2. The van der Waals surface area contributed by atoms with Gasteiger partial charge in [0.2, 0.25) is 0 Å². The van der Waals surface area contributed by atoms with Gasteiger partial charge in [0, 0.05) is 24.9 Å². The highest BCUT2D eigenvalue weighted by Crippen LogP contribution is 2.29. The Bertz CT molecular complexity index is 1410.